The van der Waals surface area contributed by atoms with Gasteiger partial charge in [0.1, 0.15) is 0 Å². The number of rotatable bonds is 4. The Bertz CT molecular complexity index is 186. The zero-order chi connectivity index (χ0) is 9.84. The highest BCUT2D eigenvalue weighted by molar-refractivity contribution is 5.83. The average Bonchev–Trinajstić information content (AvgIpc) is 2.37. The van der Waals surface area contributed by atoms with Gasteiger partial charge in [-0.25, -0.2) is 0 Å². The topological polar surface area (TPSA) is 75.8 Å². The van der Waals surface area contributed by atoms with Gasteiger partial charge in [-0.15, -0.1) is 0 Å². The van der Waals surface area contributed by atoms with Crippen LogP contribution in [0.4, 0.5) is 0 Å². The molecule has 0 spiro atoms. The Hall–Kier alpha value is -0.650. The first-order chi connectivity index (χ1) is 6.15. The van der Waals surface area contributed by atoms with E-state index in [1.165, 1.54) is 7.11 Å². The zero-order valence-electron chi connectivity index (χ0n) is 7.77. The molecule has 2 unspecified atom stereocenters. The molecule has 1 aliphatic heterocycles. The summed E-state index contributed by atoms with van der Waals surface area (Å²) < 4.78 is 4.76. The third kappa shape index (κ3) is 2.65. The van der Waals surface area contributed by atoms with E-state index in [2.05, 4.69) is 0 Å². The first-order valence-corrected chi connectivity index (χ1v) is 4.36. The number of ether oxygens (including phenoxy) is 1. The van der Waals surface area contributed by atoms with E-state index < -0.39 is 6.10 Å². The van der Waals surface area contributed by atoms with E-state index in [1.807, 2.05) is 0 Å². The molecular weight excluding hydrogens is 172 g/mol. The van der Waals surface area contributed by atoms with Crippen LogP contribution in [0.3, 0.4) is 0 Å². The van der Waals surface area contributed by atoms with Crippen LogP contribution in [0.15, 0.2) is 0 Å². The van der Waals surface area contributed by atoms with Gasteiger partial charge in [0.05, 0.1) is 18.8 Å². The van der Waals surface area contributed by atoms with Crippen molar-refractivity contribution >= 4 is 5.91 Å². The number of likely N-dealkylation sites (tertiary alicyclic amines) is 1. The number of hydrogen-bond acceptors (Lipinski definition) is 4. The van der Waals surface area contributed by atoms with Gasteiger partial charge < -0.3 is 20.5 Å². The van der Waals surface area contributed by atoms with Gasteiger partial charge >= 0.3 is 0 Å². The third-order valence-corrected chi connectivity index (χ3v) is 2.13. The Balaban J connectivity index is 2.33. The van der Waals surface area contributed by atoms with Crippen molar-refractivity contribution in [2.24, 2.45) is 5.73 Å². The second-order valence-electron chi connectivity index (χ2n) is 3.29. The molecule has 0 aromatic rings. The number of aliphatic hydroxyl groups excluding tert-OH is 1. The maximum atomic E-state index is 11.3. The fourth-order valence-corrected chi connectivity index (χ4v) is 1.44. The van der Waals surface area contributed by atoms with Crippen LogP contribution in [0, 0.1) is 0 Å². The monoisotopic (exact) mass is 188 g/mol. The van der Waals surface area contributed by atoms with Crippen LogP contribution in [0.1, 0.15) is 6.42 Å². The molecule has 1 aliphatic rings. The van der Waals surface area contributed by atoms with Gasteiger partial charge in [-0.1, -0.05) is 0 Å². The number of nitrogens with two attached hydrogens (primary N) is 1. The number of carbonyl (C=O) groups excluding carboxylic acids is 1. The van der Waals surface area contributed by atoms with Crippen LogP contribution in [0.2, 0.25) is 0 Å². The highest BCUT2D eigenvalue weighted by Gasteiger charge is 2.29. The van der Waals surface area contributed by atoms with Crippen molar-refractivity contribution in [2.75, 3.05) is 26.8 Å². The van der Waals surface area contributed by atoms with Gasteiger partial charge in [0.25, 0.3) is 0 Å². The van der Waals surface area contributed by atoms with Gasteiger partial charge in [-0.05, 0) is 6.42 Å². The molecule has 13 heavy (non-hydrogen) atoms. The van der Waals surface area contributed by atoms with Crippen molar-refractivity contribution in [3.05, 3.63) is 0 Å². The number of amides is 1. The highest BCUT2D eigenvalue weighted by atomic mass is 16.5. The summed E-state index contributed by atoms with van der Waals surface area (Å²) in [6.07, 6.45) is 0.0673. The lowest BCUT2D eigenvalue weighted by molar-refractivity contribution is -0.130. The molecule has 2 atom stereocenters. The molecule has 5 heteroatoms. The fraction of sp³-hybridized carbons (Fsp3) is 0.875. The van der Waals surface area contributed by atoms with Crippen molar-refractivity contribution < 1.29 is 14.6 Å². The summed E-state index contributed by atoms with van der Waals surface area (Å²) in [5.41, 5.74) is 5.51. The first kappa shape index (κ1) is 10.4. The molecule has 1 amide bonds. The molecule has 0 saturated carbocycles. The number of carbonyl (C=O) groups is 1. The van der Waals surface area contributed by atoms with Crippen molar-refractivity contribution in [3.8, 4) is 0 Å². The first-order valence-electron chi connectivity index (χ1n) is 4.36. The normalized spacial score (nSPS) is 25.3. The van der Waals surface area contributed by atoms with E-state index in [9.17, 15) is 9.90 Å². The average molecular weight is 188 g/mol. The summed E-state index contributed by atoms with van der Waals surface area (Å²) in [5, 5.41) is 9.35. The summed E-state index contributed by atoms with van der Waals surface area (Å²) in [7, 11) is 1.51. The highest BCUT2D eigenvalue weighted by Crippen LogP contribution is 2.09. The number of methoxy groups -OCH3 is 1. The lowest BCUT2D eigenvalue weighted by Crippen LogP contribution is -2.39. The molecule has 76 valence electrons. The minimum atomic E-state index is -0.612. The lowest BCUT2D eigenvalue weighted by atomic mass is 10.3. The molecule has 1 heterocycles. The predicted molar refractivity (Wildman–Crippen MR) is 47.1 cm³/mol. The van der Waals surface area contributed by atoms with Crippen molar-refractivity contribution in [1.82, 2.24) is 4.90 Å². The van der Waals surface area contributed by atoms with E-state index in [4.69, 9.17) is 10.5 Å². The van der Waals surface area contributed by atoms with Crippen molar-refractivity contribution in [2.45, 2.75) is 18.6 Å². The van der Waals surface area contributed by atoms with Crippen molar-refractivity contribution in [3.63, 3.8) is 0 Å². The van der Waals surface area contributed by atoms with Gasteiger partial charge in [0.2, 0.25) is 5.91 Å². The van der Waals surface area contributed by atoms with E-state index in [0.29, 0.717) is 19.5 Å². The molecule has 0 aliphatic carbocycles. The number of hydrogen-bond donors (Lipinski definition) is 2. The minimum Gasteiger partial charge on any atom is -0.389 e. The number of nitrogens with zero attached hydrogens (tertiary/aromatic N) is 1. The van der Waals surface area contributed by atoms with Gasteiger partial charge in [0, 0.05) is 20.2 Å². The molecule has 1 fully saturated rings. The fourth-order valence-electron chi connectivity index (χ4n) is 1.44. The van der Waals surface area contributed by atoms with Crippen LogP contribution < -0.4 is 5.73 Å². The molecule has 0 bridgehead atoms. The Morgan fingerprint density at radius 2 is 2.54 bits per heavy atom. The molecule has 0 aromatic heterocycles. The molecule has 0 aromatic carbocycles. The maximum absolute atomic E-state index is 11.3. The van der Waals surface area contributed by atoms with E-state index in [-0.39, 0.29) is 18.6 Å². The molecule has 5 nitrogen and oxygen atoms in total. The molecule has 3 N–H and O–H groups in total. The smallest absolute Gasteiger partial charge is 0.239 e. The number of β-amino-alcohol motifs (C(OH)–C–C–N with tert-alkyl or cyclic N) is 1. The van der Waals surface area contributed by atoms with Gasteiger partial charge in [-0.2, -0.15) is 0 Å². The Labute approximate surface area is 77.5 Å². The Morgan fingerprint density at radius 1 is 1.85 bits per heavy atom. The second kappa shape index (κ2) is 4.55. The summed E-state index contributed by atoms with van der Waals surface area (Å²) in [6, 6.07) is -0.380. The van der Waals surface area contributed by atoms with Gasteiger partial charge in [0.15, 0.2) is 0 Å². The van der Waals surface area contributed by atoms with Gasteiger partial charge in [-0.3, -0.25) is 4.79 Å². The largest absolute Gasteiger partial charge is 0.389 e. The molecule has 1 saturated heterocycles. The van der Waals surface area contributed by atoms with Crippen molar-refractivity contribution in [1.29, 1.82) is 0 Å². The number of aliphatic hydroxyl groups is 1. The third-order valence-electron chi connectivity index (χ3n) is 2.13. The standard InChI is InChI=1S/C8H16N2O3/c1-13-5-6(11)4-10-3-2-7(9)8(10)12/h6-7,11H,2-5,9H2,1H3. The van der Waals surface area contributed by atoms with Crippen LogP contribution in [-0.4, -0.2) is 54.9 Å². The SMILES string of the molecule is COCC(O)CN1CCC(N)C1=O. The van der Waals surface area contributed by atoms with E-state index >= 15 is 0 Å². The van der Waals surface area contributed by atoms with Crippen LogP contribution in [0.5, 0.6) is 0 Å². The maximum Gasteiger partial charge on any atom is 0.239 e. The quantitative estimate of drug-likeness (QED) is 0.566. The summed E-state index contributed by atoms with van der Waals surface area (Å²) in [5.74, 6) is -0.0739. The van der Waals surface area contributed by atoms with Crippen LogP contribution >= 0.6 is 0 Å². The summed E-state index contributed by atoms with van der Waals surface area (Å²) >= 11 is 0. The van der Waals surface area contributed by atoms with E-state index in [1.54, 1.807) is 4.90 Å². The zero-order valence-corrected chi connectivity index (χ0v) is 7.77. The van der Waals surface area contributed by atoms with Crippen LogP contribution in [-0.2, 0) is 9.53 Å². The Morgan fingerprint density at radius 3 is 3.00 bits per heavy atom. The summed E-state index contributed by atoms with van der Waals surface area (Å²) in [4.78, 5) is 12.9. The molecular formula is C8H16N2O3. The lowest BCUT2D eigenvalue weighted by Gasteiger charge is -2.19. The minimum absolute atomic E-state index is 0.0739. The second-order valence-corrected chi connectivity index (χ2v) is 3.29. The molecule has 0 radical (unpaired) electrons. The van der Waals surface area contributed by atoms with Crippen LogP contribution in [0.25, 0.3) is 0 Å². The molecule has 1 rings (SSSR count). The summed E-state index contributed by atoms with van der Waals surface area (Å²) in [6.45, 7) is 1.21. The van der Waals surface area contributed by atoms with E-state index in [0.717, 1.165) is 0 Å². The Kier molecular flexibility index (Phi) is 3.65. The predicted octanol–water partition coefficient (Wildman–Crippen LogP) is -1.45.